The Hall–Kier alpha value is -2.98. The van der Waals surface area contributed by atoms with Gasteiger partial charge in [0, 0.05) is 32.7 Å². The number of imidazole rings is 1. The summed E-state index contributed by atoms with van der Waals surface area (Å²) in [7, 11) is 0. The summed E-state index contributed by atoms with van der Waals surface area (Å²) in [5, 5.41) is 0. The van der Waals surface area contributed by atoms with Crippen LogP contribution in [0.3, 0.4) is 0 Å². The summed E-state index contributed by atoms with van der Waals surface area (Å²) in [6.45, 7) is 0.795. The quantitative estimate of drug-likeness (QED) is 0.796. The minimum absolute atomic E-state index is 0.214. The number of H-pyrrole nitrogens is 1. The molecule has 168 valence electrons. The standard InChI is InChI=1S/C20H24F3N5O3/c21-20(22,23)13-31-19(30)28-10-3-7-16(28)17(29)26-8-4-9-27(12-11-26)18-24-14-5-1-2-6-15(14)25-18/h1-2,5-6,16H,3-4,7-13H2,(H,24,25). The molecule has 2 aliphatic rings. The van der Waals surface area contributed by atoms with Crippen LogP contribution < -0.4 is 4.90 Å². The number of nitrogens with one attached hydrogen (secondary N) is 1. The SMILES string of the molecule is O=C(C1CCCN1C(=O)OCC(F)(F)F)N1CCCN(c2nc3ccccc3[nH]2)CC1. The van der Waals surface area contributed by atoms with Crippen molar-refractivity contribution >= 4 is 29.0 Å². The third kappa shape index (κ3) is 4.86. The lowest BCUT2D eigenvalue weighted by molar-refractivity contribution is -0.163. The van der Waals surface area contributed by atoms with Gasteiger partial charge in [-0.05, 0) is 31.4 Å². The summed E-state index contributed by atoms with van der Waals surface area (Å²) in [5.41, 5.74) is 1.81. The van der Waals surface area contributed by atoms with Gasteiger partial charge in [-0.2, -0.15) is 13.2 Å². The number of alkyl halides is 3. The van der Waals surface area contributed by atoms with E-state index in [-0.39, 0.29) is 12.5 Å². The Morgan fingerprint density at radius 1 is 1.10 bits per heavy atom. The van der Waals surface area contributed by atoms with E-state index >= 15 is 0 Å². The zero-order chi connectivity index (χ0) is 22.0. The van der Waals surface area contributed by atoms with Crippen molar-refractivity contribution in [1.29, 1.82) is 0 Å². The molecule has 0 radical (unpaired) electrons. The van der Waals surface area contributed by atoms with E-state index in [9.17, 15) is 22.8 Å². The second kappa shape index (κ2) is 8.64. The smallest absolute Gasteiger partial charge is 0.422 e. The van der Waals surface area contributed by atoms with Gasteiger partial charge in [-0.15, -0.1) is 0 Å². The number of para-hydroxylation sites is 2. The molecule has 0 aliphatic carbocycles. The van der Waals surface area contributed by atoms with Crippen molar-refractivity contribution in [1.82, 2.24) is 19.8 Å². The van der Waals surface area contributed by atoms with Crippen LogP contribution in [0.25, 0.3) is 11.0 Å². The molecule has 31 heavy (non-hydrogen) atoms. The molecule has 2 fully saturated rings. The predicted octanol–water partition coefficient (Wildman–Crippen LogP) is 2.76. The summed E-state index contributed by atoms with van der Waals surface area (Å²) < 4.78 is 41.4. The number of amides is 2. The molecule has 0 bridgehead atoms. The molecule has 0 saturated carbocycles. The Bertz CT molecular complexity index is 915. The van der Waals surface area contributed by atoms with Crippen LogP contribution in [0.5, 0.6) is 0 Å². The van der Waals surface area contributed by atoms with Crippen molar-refractivity contribution in [2.24, 2.45) is 0 Å². The minimum atomic E-state index is -4.60. The Morgan fingerprint density at radius 2 is 1.90 bits per heavy atom. The molecule has 1 N–H and O–H groups in total. The van der Waals surface area contributed by atoms with Gasteiger partial charge in [0.2, 0.25) is 11.9 Å². The highest BCUT2D eigenvalue weighted by atomic mass is 19.4. The number of ether oxygens (including phenoxy) is 1. The molecule has 1 aromatic carbocycles. The molecule has 3 heterocycles. The van der Waals surface area contributed by atoms with Gasteiger partial charge in [0.15, 0.2) is 6.61 Å². The largest absolute Gasteiger partial charge is 0.440 e. The first-order chi connectivity index (χ1) is 14.8. The summed E-state index contributed by atoms with van der Waals surface area (Å²) in [6, 6.07) is 6.95. The van der Waals surface area contributed by atoms with Crippen molar-refractivity contribution in [2.45, 2.75) is 31.5 Å². The predicted molar refractivity (Wildman–Crippen MR) is 107 cm³/mol. The van der Waals surface area contributed by atoms with Crippen molar-refractivity contribution in [3.63, 3.8) is 0 Å². The molecular weight excluding hydrogens is 415 g/mol. The summed E-state index contributed by atoms with van der Waals surface area (Å²) in [4.78, 5) is 37.9. The summed E-state index contributed by atoms with van der Waals surface area (Å²) in [5.74, 6) is 0.502. The number of hydrogen-bond acceptors (Lipinski definition) is 5. The maximum atomic E-state index is 13.1. The van der Waals surface area contributed by atoms with Crippen LogP contribution in [0.2, 0.25) is 0 Å². The number of rotatable bonds is 3. The van der Waals surface area contributed by atoms with Crippen molar-refractivity contribution in [3.05, 3.63) is 24.3 Å². The van der Waals surface area contributed by atoms with E-state index in [1.165, 1.54) is 0 Å². The molecule has 1 aromatic heterocycles. The summed E-state index contributed by atoms with van der Waals surface area (Å²) in [6.07, 6.45) is -4.00. The van der Waals surface area contributed by atoms with Gasteiger partial charge in [0.25, 0.3) is 0 Å². The normalized spacial score (nSPS) is 20.2. The van der Waals surface area contributed by atoms with Gasteiger partial charge < -0.3 is 19.5 Å². The van der Waals surface area contributed by atoms with E-state index in [1.807, 2.05) is 24.3 Å². The van der Waals surface area contributed by atoms with Crippen LogP contribution in [-0.4, -0.2) is 83.3 Å². The first kappa shape index (κ1) is 21.3. The van der Waals surface area contributed by atoms with Crippen LogP contribution in [0, 0.1) is 0 Å². The molecule has 4 rings (SSSR count). The van der Waals surface area contributed by atoms with E-state index in [4.69, 9.17) is 0 Å². The molecule has 2 aliphatic heterocycles. The summed E-state index contributed by atoms with van der Waals surface area (Å²) >= 11 is 0. The number of fused-ring (bicyclic) bond motifs is 1. The lowest BCUT2D eigenvalue weighted by atomic mass is 10.2. The van der Waals surface area contributed by atoms with Gasteiger partial charge in [-0.3, -0.25) is 9.69 Å². The zero-order valence-corrected chi connectivity index (χ0v) is 16.9. The number of hydrogen-bond donors (Lipinski definition) is 1. The third-order valence-corrected chi connectivity index (χ3v) is 5.62. The van der Waals surface area contributed by atoms with E-state index in [0.29, 0.717) is 45.4 Å². The fourth-order valence-electron chi connectivity index (χ4n) is 4.12. The lowest BCUT2D eigenvalue weighted by Gasteiger charge is -2.29. The maximum absolute atomic E-state index is 13.1. The number of carbonyl (C=O) groups is 2. The molecule has 11 heteroatoms. The highest BCUT2D eigenvalue weighted by molar-refractivity contribution is 5.86. The lowest BCUT2D eigenvalue weighted by Crippen LogP contribution is -2.49. The number of anilines is 1. The molecule has 1 atom stereocenters. The van der Waals surface area contributed by atoms with Gasteiger partial charge in [0.1, 0.15) is 6.04 Å². The molecule has 2 amide bonds. The fraction of sp³-hybridized carbons (Fsp3) is 0.550. The van der Waals surface area contributed by atoms with Gasteiger partial charge in [-0.25, -0.2) is 9.78 Å². The number of carbonyl (C=O) groups excluding carboxylic acids is 2. The van der Waals surface area contributed by atoms with E-state index in [0.717, 1.165) is 21.9 Å². The van der Waals surface area contributed by atoms with Crippen LogP contribution in [0.1, 0.15) is 19.3 Å². The number of likely N-dealkylation sites (tertiary alicyclic amines) is 1. The third-order valence-electron chi connectivity index (χ3n) is 5.62. The average Bonchev–Trinajstić information content (AvgIpc) is 3.32. The average molecular weight is 439 g/mol. The second-order valence-electron chi connectivity index (χ2n) is 7.76. The number of aromatic amines is 1. The second-order valence-corrected chi connectivity index (χ2v) is 7.76. The van der Waals surface area contributed by atoms with Gasteiger partial charge >= 0.3 is 12.3 Å². The highest BCUT2D eigenvalue weighted by Crippen LogP contribution is 2.24. The number of nitrogens with zero attached hydrogens (tertiary/aromatic N) is 4. The van der Waals surface area contributed by atoms with Gasteiger partial charge in [-0.1, -0.05) is 12.1 Å². The number of aromatic nitrogens is 2. The monoisotopic (exact) mass is 439 g/mol. The van der Waals surface area contributed by atoms with Crippen LogP contribution in [-0.2, 0) is 9.53 Å². The van der Waals surface area contributed by atoms with E-state index in [2.05, 4.69) is 19.6 Å². The highest BCUT2D eigenvalue weighted by Gasteiger charge is 2.39. The minimum Gasteiger partial charge on any atom is -0.440 e. The van der Waals surface area contributed by atoms with Crippen molar-refractivity contribution < 1.29 is 27.5 Å². The van der Waals surface area contributed by atoms with Crippen LogP contribution in [0.15, 0.2) is 24.3 Å². The molecule has 1 unspecified atom stereocenters. The molecule has 8 nitrogen and oxygen atoms in total. The van der Waals surface area contributed by atoms with E-state index < -0.39 is 24.9 Å². The Balaban J connectivity index is 1.38. The molecule has 2 aromatic rings. The molecular formula is C20H24F3N5O3. The number of benzene rings is 1. The van der Waals surface area contributed by atoms with E-state index in [1.54, 1.807) is 4.90 Å². The molecule has 0 spiro atoms. The number of halogens is 3. The topological polar surface area (TPSA) is 81.8 Å². The van der Waals surface area contributed by atoms with Gasteiger partial charge in [0.05, 0.1) is 11.0 Å². The molecule has 2 saturated heterocycles. The van der Waals surface area contributed by atoms with Crippen LogP contribution >= 0.6 is 0 Å². The first-order valence-corrected chi connectivity index (χ1v) is 10.3. The van der Waals surface area contributed by atoms with Crippen molar-refractivity contribution in [2.75, 3.05) is 44.2 Å². The maximum Gasteiger partial charge on any atom is 0.422 e. The Kier molecular flexibility index (Phi) is 5.92. The Labute approximate surface area is 176 Å². The van der Waals surface area contributed by atoms with Crippen LogP contribution in [0.4, 0.5) is 23.9 Å². The fourth-order valence-corrected chi connectivity index (χ4v) is 4.12. The zero-order valence-electron chi connectivity index (χ0n) is 16.9. The first-order valence-electron chi connectivity index (χ1n) is 10.3. The van der Waals surface area contributed by atoms with Crippen molar-refractivity contribution in [3.8, 4) is 0 Å². The Morgan fingerprint density at radius 3 is 2.68 bits per heavy atom.